The minimum Gasteiger partial charge on any atom is -0.387 e. The number of alkyl halides is 1. The molecule has 2 aromatic carbocycles. The highest BCUT2D eigenvalue weighted by Gasteiger charge is 2.24. The van der Waals surface area contributed by atoms with E-state index in [4.69, 9.17) is 11.1 Å². The van der Waals surface area contributed by atoms with E-state index >= 15 is 0 Å². The van der Waals surface area contributed by atoms with Gasteiger partial charge in [0.25, 0.3) is 0 Å². The minimum atomic E-state index is -1.23. The molecule has 1 unspecified atom stereocenters. The van der Waals surface area contributed by atoms with Crippen LogP contribution in [0.25, 0.3) is 6.08 Å². The van der Waals surface area contributed by atoms with Gasteiger partial charge in [0.2, 0.25) is 5.91 Å². The van der Waals surface area contributed by atoms with Crippen molar-refractivity contribution in [3.63, 3.8) is 0 Å². The number of amides is 1. The molecule has 0 aromatic heterocycles. The normalized spacial score (nSPS) is 12.1. The number of nitrogens with zero attached hydrogens (tertiary/aromatic N) is 2. The maximum Gasteiger partial charge on any atom is 0.243 e. The molecule has 0 radical (unpaired) electrons. The fourth-order valence-electron chi connectivity index (χ4n) is 2.94. The smallest absolute Gasteiger partial charge is 0.243 e. The highest BCUT2D eigenvalue weighted by Crippen LogP contribution is 2.12. The summed E-state index contributed by atoms with van der Waals surface area (Å²) in [6, 6.07) is 20.6. The molecule has 8 heteroatoms. The van der Waals surface area contributed by atoms with Crippen molar-refractivity contribution in [2.75, 3.05) is 19.6 Å². The van der Waals surface area contributed by atoms with E-state index in [1.165, 1.54) is 28.7 Å². The molecule has 0 fully saturated rings. The number of benzene rings is 2. The van der Waals surface area contributed by atoms with Gasteiger partial charge in [-0.2, -0.15) is 5.10 Å². The van der Waals surface area contributed by atoms with Gasteiger partial charge in [-0.25, -0.2) is 4.39 Å². The van der Waals surface area contributed by atoms with Crippen LogP contribution in [0.3, 0.4) is 0 Å². The van der Waals surface area contributed by atoms with Crippen molar-refractivity contribution in [3.8, 4) is 0 Å². The average molecular weight is 527 g/mol. The largest absolute Gasteiger partial charge is 0.387 e. The molecule has 2 rings (SSSR count). The zero-order valence-corrected chi connectivity index (χ0v) is 23.6. The minimum absolute atomic E-state index is 0.00928. The Labute approximate surface area is 228 Å². The van der Waals surface area contributed by atoms with Crippen LogP contribution in [-0.2, 0) is 11.3 Å². The van der Waals surface area contributed by atoms with E-state index in [1.54, 1.807) is 0 Å². The van der Waals surface area contributed by atoms with Crippen molar-refractivity contribution in [2.45, 2.75) is 59.8 Å². The summed E-state index contributed by atoms with van der Waals surface area (Å²) >= 11 is 0. The predicted octanol–water partition coefficient (Wildman–Crippen LogP) is 5.24. The second-order valence-electron chi connectivity index (χ2n) is 8.96. The van der Waals surface area contributed by atoms with Gasteiger partial charge in [-0.3, -0.25) is 4.79 Å². The SMILES string of the molecule is C(=C\c1ccccc1)/NCc1ccccc1.CC(C)C(C)N(C[C@@H](F)CN)C(=O)CN/N=C\C=N.CCC. The van der Waals surface area contributed by atoms with Crippen LogP contribution in [0, 0.1) is 11.3 Å². The maximum atomic E-state index is 13.4. The lowest BCUT2D eigenvalue weighted by Gasteiger charge is -2.32. The van der Waals surface area contributed by atoms with Gasteiger partial charge < -0.3 is 26.8 Å². The number of hydrogen-bond donors (Lipinski definition) is 4. The molecule has 0 bridgehead atoms. The van der Waals surface area contributed by atoms with Crippen LogP contribution in [0.15, 0.2) is 72.0 Å². The molecular formula is C30H47FN6O. The third kappa shape index (κ3) is 17.0. The quantitative estimate of drug-likeness (QED) is 0.211. The Hall–Kier alpha value is -3.52. The fraction of sp³-hybridized carbons (Fsp3) is 0.433. The van der Waals surface area contributed by atoms with E-state index in [9.17, 15) is 9.18 Å². The molecular weight excluding hydrogens is 479 g/mol. The third-order valence-electron chi connectivity index (χ3n) is 5.24. The van der Waals surface area contributed by atoms with E-state index in [0.29, 0.717) is 0 Å². The van der Waals surface area contributed by atoms with Crippen LogP contribution in [-0.4, -0.2) is 55.1 Å². The van der Waals surface area contributed by atoms with Crippen LogP contribution in [0.1, 0.15) is 52.2 Å². The van der Waals surface area contributed by atoms with Gasteiger partial charge in [-0.15, -0.1) is 0 Å². The Balaban J connectivity index is 0.000000658. The maximum absolute atomic E-state index is 13.4. The van der Waals surface area contributed by atoms with Crippen LogP contribution in [0.5, 0.6) is 0 Å². The molecule has 2 aromatic rings. The molecule has 210 valence electrons. The summed E-state index contributed by atoms with van der Waals surface area (Å²) < 4.78 is 13.4. The van der Waals surface area contributed by atoms with Crippen molar-refractivity contribution < 1.29 is 9.18 Å². The first-order valence-corrected chi connectivity index (χ1v) is 13.2. The Morgan fingerprint density at radius 3 is 2.18 bits per heavy atom. The lowest BCUT2D eigenvalue weighted by Crippen LogP contribution is -2.48. The molecule has 38 heavy (non-hydrogen) atoms. The van der Waals surface area contributed by atoms with Crippen molar-refractivity contribution in [1.82, 2.24) is 15.6 Å². The molecule has 7 nitrogen and oxygen atoms in total. The zero-order chi connectivity index (χ0) is 28.6. The highest BCUT2D eigenvalue weighted by molar-refractivity contribution is 6.14. The molecule has 2 atom stereocenters. The Bertz CT molecular complexity index is 905. The number of carbonyl (C=O) groups excluding carboxylic acids is 1. The lowest BCUT2D eigenvalue weighted by atomic mass is 10.0. The van der Waals surface area contributed by atoms with Gasteiger partial charge in [0.05, 0.1) is 12.8 Å². The molecule has 1 amide bonds. The number of hydrazone groups is 1. The molecule has 5 N–H and O–H groups in total. The van der Waals surface area contributed by atoms with Crippen molar-refractivity contribution in [2.24, 2.45) is 16.8 Å². The number of rotatable bonds is 13. The average Bonchev–Trinajstić information content (AvgIpc) is 2.93. The first-order chi connectivity index (χ1) is 18.3. The van der Waals surface area contributed by atoms with Gasteiger partial charge in [-0.1, -0.05) is 94.8 Å². The van der Waals surface area contributed by atoms with Crippen molar-refractivity contribution >= 4 is 24.4 Å². The van der Waals surface area contributed by atoms with Crippen LogP contribution in [0.4, 0.5) is 4.39 Å². The zero-order valence-electron chi connectivity index (χ0n) is 23.6. The monoisotopic (exact) mass is 526 g/mol. The van der Waals surface area contributed by atoms with Crippen molar-refractivity contribution in [1.29, 1.82) is 5.41 Å². The van der Waals surface area contributed by atoms with E-state index in [1.807, 2.05) is 51.2 Å². The summed E-state index contributed by atoms with van der Waals surface area (Å²) in [7, 11) is 0. The molecule has 0 saturated heterocycles. The standard InChI is InChI=1S/C15H15N.C12H24FN5O.C3H8/c1-3-7-14(8-4-1)11-12-16-13-15-9-5-2-6-10-15;1-9(2)10(3)18(8-11(13)6-15)12(19)7-17-16-5-4-14;1-3-2/h1-12,16H,13H2;4-5,9-11,14,17H,6-8,15H2,1-3H3;3H2,1-2H3/b12-11+;14-4?,16-5-;/t;10?,11-;/m.0./s1. The highest BCUT2D eigenvalue weighted by atomic mass is 19.1. The number of halogens is 1. The summed E-state index contributed by atoms with van der Waals surface area (Å²) in [6.07, 6.45) is 6.31. The Kier molecular flexibility index (Phi) is 20.6. The van der Waals surface area contributed by atoms with Gasteiger partial charge in [-0.05, 0) is 36.2 Å². The van der Waals surface area contributed by atoms with Gasteiger partial charge in [0.15, 0.2) is 0 Å². The van der Waals surface area contributed by atoms with Crippen LogP contribution >= 0.6 is 0 Å². The van der Waals surface area contributed by atoms with Gasteiger partial charge in [0, 0.05) is 25.3 Å². The fourth-order valence-corrected chi connectivity index (χ4v) is 2.94. The van der Waals surface area contributed by atoms with E-state index in [0.717, 1.165) is 12.8 Å². The lowest BCUT2D eigenvalue weighted by molar-refractivity contribution is -0.134. The van der Waals surface area contributed by atoms with Gasteiger partial charge in [0.1, 0.15) is 12.7 Å². The van der Waals surface area contributed by atoms with Crippen LogP contribution in [0.2, 0.25) is 0 Å². The number of nitrogens with one attached hydrogen (secondary N) is 3. The summed E-state index contributed by atoms with van der Waals surface area (Å²) in [4.78, 5) is 13.5. The summed E-state index contributed by atoms with van der Waals surface area (Å²) in [6.45, 7) is 10.8. The van der Waals surface area contributed by atoms with Crippen LogP contribution < -0.4 is 16.5 Å². The second-order valence-corrected chi connectivity index (χ2v) is 8.96. The first-order valence-electron chi connectivity index (χ1n) is 13.2. The summed E-state index contributed by atoms with van der Waals surface area (Å²) in [5.74, 6) is -0.0153. The summed E-state index contributed by atoms with van der Waals surface area (Å²) in [5, 5.41) is 13.6. The molecule has 0 aliphatic carbocycles. The molecule has 0 saturated carbocycles. The van der Waals surface area contributed by atoms with Gasteiger partial charge >= 0.3 is 0 Å². The Morgan fingerprint density at radius 2 is 1.66 bits per heavy atom. The molecule has 0 spiro atoms. The topological polar surface area (TPSA) is 107 Å². The van der Waals surface area contributed by atoms with E-state index < -0.39 is 6.17 Å². The Morgan fingerprint density at radius 1 is 1.08 bits per heavy atom. The number of nitrogens with two attached hydrogens (primary N) is 1. The molecule has 0 heterocycles. The predicted molar refractivity (Wildman–Crippen MR) is 160 cm³/mol. The summed E-state index contributed by atoms with van der Waals surface area (Å²) in [5.41, 5.74) is 10.3. The number of hydrogen-bond acceptors (Lipinski definition) is 6. The van der Waals surface area contributed by atoms with E-state index in [-0.39, 0.29) is 37.5 Å². The first kappa shape index (κ1) is 34.5. The molecule has 0 aliphatic rings. The van der Waals surface area contributed by atoms with Crippen molar-refractivity contribution in [3.05, 3.63) is 78.0 Å². The third-order valence-corrected chi connectivity index (χ3v) is 5.24. The molecule has 0 aliphatic heterocycles. The number of carbonyl (C=O) groups is 1. The van der Waals surface area contributed by atoms with E-state index in [2.05, 4.69) is 72.2 Å². The second kappa shape index (κ2) is 22.7.